The first-order chi connectivity index (χ1) is 8.75. The highest BCUT2D eigenvalue weighted by Gasteiger charge is 2.15. The van der Waals surface area contributed by atoms with Gasteiger partial charge in [0.15, 0.2) is 5.65 Å². The molecule has 2 aromatic rings. The van der Waals surface area contributed by atoms with Crippen molar-refractivity contribution < 1.29 is 4.79 Å². The van der Waals surface area contributed by atoms with Crippen molar-refractivity contribution in [3.8, 4) is 0 Å². The number of nitrogens with one attached hydrogen (secondary N) is 1. The molecule has 0 atom stereocenters. The monoisotopic (exact) mass is 282 g/mol. The lowest BCUT2D eigenvalue weighted by Gasteiger charge is -2.28. The van der Waals surface area contributed by atoms with Gasteiger partial charge in [-0.05, 0) is 6.07 Å². The van der Waals surface area contributed by atoms with Crippen LogP contribution in [0.3, 0.4) is 0 Å². The van der Waals surface area contributed by atoms with Gasteiger partial charge in [-0.15, -0.1) is 12.4 Å². The maximum absolute atomic E-state index is 11.3. The standard InChI is InChI=1S/C11H14N6O.ClH/c12-10(18)8-7-14-17-4-1-9(15-11(8)17)16-5-2-13-3-6-16;/h1,4,7,13H,2-3,5-6H2,(H2,12,18);1H. The Hall–Kier alpha value is -1.86. The van der Waals surface area contributed by atoms with Gasteiger partial charge < -0.3 is 16.0 Å². The van der Waals surface area contributed by atoms with Crippen LogP contribution in [0, 0.1) is 0 Å². The van der Waals surface area contributed by atoms with Crippen LogP contribution >= 0.6 is 12.4 Å². The van der Waals surface area contributed by atoms with Gasteiger partial charge in [-0.25, -0.2) is 9.50 Å². The van der Waals surface area contributed by atoms with Gasteiger partial charge in [0, 0.05) is 32.4 Å². The van der Waals surface area contributed by atoms with E-state index in [1.165, 1.54) is 6.20 Å². The van der Waals surface area contributed by atoms with E-state index in [9.17, 15) is 4.79 Å². The van der Waals surface area contributed by atoms with E-state index in [1.807, 2.05) is 6.07 Å². The number of rotatable bonds is 2. The topological polar surface area (TPSA) is 88.5 Å². The van der Waals surface area contributed by atoms with E-state index in [2.05, 4.69) is 20.3 Å². The van der Waals surface area contributed by atoms with Crippen molar-refractivity contribution in [2.24, 2.45) is 5.73 Å². The number of carbonyl (C=O) groups excluding carboxylic acids is 1. The SMILES string of the molecule is Cl.NC(=O)c1cnn2ccc(N3CCNCC3)nc12. The van der Waals surface area contributed by atoms with Gasteiger partial charge in [0.05, 0.1) is 6.20 Å². The molecule has 1 saturated heterocycles. The average molecular weight is 283 g/mol. The lowest BCUT2D eigenvalue weighted by atomic mass is 10.3. The van der Waals surface area contributed by atoms with Crippen molar-refractivity contribution in [1.29, 1.82) is 0 Å². The van der Waals surface area contributed by atoms with Crippen molar-refractivity contribution in [3.63, 3.8) is 0 Å². The first kappa shape index (κ1) is 13.6. The zero-order valence-corrected chi connectivity index (χ0v) is 11.1. The number of hydrogen-bond donors (Lipinski definition) is 2. The molecular formula is C11H15ClN6O. The van der Waals surface area contributed by atoms with Gasteiger partial charge in [-0.1, -0.05) is 0 Å². The number of nitrogens with two attached hydrogens (primary N) is 1. The largest absolute Gasteiger partial charge is 0.365 e. The third-order valence-electron chi connectivity index (χ3n) is 3.06. The zero-order valence-electron chi connectivity index (χ0n) is 10.2. The van der Waals surface area contributed by atoms with Crippen LogP contribution in [0.15, 0.2) is 18.5 Å². The number of halogens is 1. The first-order valence-corrected chi connectivity index (χ1v) is 5.85. The molecule has 0 radical (unpaired) electrons. The second-order valence-electron chi connectivity index (χ2n) is 4.21. The highest BCUT2D eigenvalue weighted by Crippen LogP contribution is 2.15. The summed E-state index contributed by atoms with van der Waals surface area (Å²) in [6, 6.07) is 1.90. The molecule has 0 aliphatic carbocycles. The number of anilines is 1. The molecule has 102 valence electrons. The molecule has 7 nitrogen and oxygen atoms in total. The Balaban J connectivity index is 0.00000133. The molecule has 19 heavy (non-hydrogen) atoms. The number of aromatic nitrogens is 3. The Bertz CT molecular complexity index is 592. The number of primary amides is 1. The van der Waals surface area contributed by atoms with Crippen molar-refractivity contribution >= 4 is 29.8 Å². The Morgan fingerprint density at radius 3 is 2.79 bits per heavy atom. The van der Waals surface area contributed by atoms with Crippen LogP contribution in [0.4, 0.5) is 5.82 Å². The average Bonchev–Trinajstić information content (AvgIpc) is 2.82. The minimum absolute atomic E-state index is 0. The molecule has 1 fully saturated rings. The van der Waals surface area contributed by atoms with E-state index in [-0.39, 0.29) is 12.4 Å². The number of hydrogen-bond acceptors (Lipinski definition) is 5. The van der Waals surface area contributed by atoms with Crippen LogP contribution in [-0.2, 0) is 0 Å². The number of carbonyl (C=O) groups is 1. The highest BCUT2D eigenvalue weighted by atomic mass is 35.5. The van der Waals surface area contributed by atoms with E-state index < -0.39 is 5.91 Å². The van der Waals surface area contributed by atoms with Crippen molar-refractivity contribution in [2.75, 3.05) is 31.1 Å². The van der Waals surface area contributed by atoms with E-state index in [1.54, 1.807) is 10.7 Å². The molecule has 8 heteroatoms. The van der Waals surface area contributed by atoms with Gasteiger partial charge in [0.2, 0.25) is 0 Å². The van der Waals surface area contributed by atoms with Crippen molar-refractivity contribution in [2.45, 2.75) is 0 Å². The summed E-state index contributed by atoms with van der Waals surface area (Å²) in [6.07, 6.45) is 3.25. The summed E-state index contributed by atoms with van der Waals surface area (Å²) < 4.78 is 1.56. The quantitative estimate of drug-likeness (QED) is 0.787. The van der Waals surface area contributed by atoms with Crippen LogP contribution in [0.25, 0.3) is 5.65 Å². The fourth-order valence-corrected chi connectivity index (χ4v) is 2.10. The number of amides is 1. The van der Waals surface area contributed by atoms with Crippen molar-refractivity contribution in [3.05, 3.63) is 24.0 Å². The second kappa shape index (κ2) is 5.41. The molecule has 1 aliphatic rings. The maximum atomic E-state index is 11.3. The Labute approximate surface area is 116 Å². The van der Waals surface area contributed by atoms with Crippen LogP contribution < -0.4 is 16.0 Å². The summed E-state index contributed by atoms with van der Waals surface area (Å²) in [7, 11) is 0. The Morgan fingerprint density at radius 2 is 2.11 bits per heavy atom. The van der Waals surface area contributed by atoms with E-state index in [4.69, 9.17) is 5.73 Å². The summed E-state index contributed by atoms with van der Waals surface area (Å²) >= 11 is 0. The molecule has 0 spiro atoms. The van der Waals surface area contributed by atoms with E-state index in [0.29, 0.717) is 11.2 Å². The van der Waals surface area contributed by atoms with Crippen LogP contribution in [0.1, 0.15) is 10.4 Å². The molecule has 1 aliphatic heterocycles. The lowest BCUT2D eigenvalue weighted by molar-refractivity contribution is 0.100. The zero-order chi connectivity index (χ0) is 12.5. The molecular weight excluding hydrogens is 268 g/mol. The molecule has 0 unspecified atom stereocenters. The molecule has 2 aromatic heterocycles. The molecule has 3 rings (SSSR count). The molecule has 1 amide bonds. The van der Waals surface area contributed by atoms with Gasteiger partial charge in [-0.2, -0.15) is 5.10 Å². The summed E-state index contributed by atoms with van der Waals surface area (Å²) in [4.78, 5) is 17.9. The fraction of sp³-hybridized carbons (Fsp3) is 0.364. The lowest BCUT2D eigenvalue weighted by Crippen LogP contribution is -2.43. The normalized spacial score (nSPS) is 15.3. The third-order valence-corrected chi connectivity index (χ3v) is 3.06. The highest BCUT2D eigenvalue weighted by molar-refractivity contribution is 5.98. The van der Waals surface area contributed by atoms with Gasteiger partial charge in [-0.3, -0.25) is 4.79 Å². The van der Waals surface area contributed by atoms with Crippen LogP contribution in [-0.4, -0.2) is 46.7 Å². The predicted molar refractivity (Wildman–Crippen MR) is 73.8 cm³/mol. The Kier molecular flexibility index (Phi) is 3.87. The minimum atomic E-state index is -0.505. The third kappa shape index (κ3) is 2.47. The van der Waals surface area contributed by atoms with Gasteiger partial charge in [0.25, 0.3) is 5.91 Å². The molecule has 0 saturated carbocycles. The summed E-state index contributed by atoms with van der Waals surface area (Å²) in [5, 5.41) is 7.33. The number of piperazine rings is 1. The molecule has 0 aromatic carbocycles. The summed E-state index contributed by atoms with van der Waals surface area (Å²) in [5.41, 5.74) is 6.16. The molecule has 3 N–H and O–H groups in total. The summed E-state index contributed by atoms with van der Waals surface area (Å²) in [6.45, 7) is 3.69. The van der Waals surface area contributed by atoms with Crippen molar-refractivity contribution in [1.82, 2.24) is 19.9 Å². The maximum Gasteiger partial charge on any atom is 0.254 e. The smallest absolute Gasteiger partial charge is 0.254 e. The van der Waals surface area contributed by atoms with Gasteiger partial charge >= 0.3 is 0 Å². The fourth-order valence-electron chi connectivity index (χ4n) is 2.10. The minimum Gasteiger partial charge on any atom is -0.365 e. The van der Waals surface area contributed by atoms with Crippen LogP contribution in [0.5, 0.6) is 0 Å². The molecule has 0 bridgehead atoms. The van der Waals surface area contributed by atoms with E-state index in [0.717, 1.165) is 32.0 Å². The molecule has 3 heterocycles. The van der Waals surface area contributed by atoms with Crippen LogP contribution in [0.2, 0.25) is 0 Å². The predicted octanol–water partition coefficient (Wildman–Crippen LogP) is -0.340. The van der Waals surface area contributed by atoms with E-state index >= 15 is 0 Å². The number of fused-ring (bicyclic) bond motifs is 1. The second-order valence-corrected chi connectivity index (χ2v) is 4.21. The van der Waals surface area contributed by atoms with Gasteiger partial charge in [0.1, 0.15) is 11.4 Å². The summed E-state index contributed by atoms with van der Waals surface area (Å²) in [5.74, 6) is 0.349. The first-order valence-electron chi connectivity index (χ1n) is 5.85. The Morgan fingerprint density at radius 1 is 1.37 bits per heavy atom. The number of nitrogens with zero attached hydrogens (tertiary/aromatic N) is 4.